The number of nitrogens with one attached hydrogen (secondary N) is 1. The fraction of sp³-hybridized carbons (Fsp3) is 0.222. The van der Waals surface area contributed by atoms with Crippen LogP contribution in [0.1, 0.15) is 39.0 Å². The molecule has 0 bridgehead atoms. The van der Waals surface area contributed by atoms with Gasteiger partial charge >= 0.3 is 18.7 Å². The van der Waals surface area contributed by atoms with Crippen LogP contribution in [-0.2, 0) is 18.1 Å². The van der Waals surface area contributed by atoms with Crippen LogP contribution >= 0.6 is 11.6 Å². The standard InChI is InChI=1S/C27H18ClF8N3O3/c1-14-38-21(22(41-14)26(32,33)34)23(40)39-25(12-15-5-3-2-4-6-15,20-8-7-17(28)13-37-20)16-9-18(29)11-19(10-16)42-27(35,36)24(30)31/h2-11,13,24H,12H2,1H3,(H,39,40)/t25-/m0/s1. The summed E-state index contributed by atoms with van der Waals surface area (Å²) in [7, 11) is 0. The van der Waals surface area contributed by atoms with Crippen molar-refractivity contribution in [3.8, 4) is 5.75 Å². The fourth-order valence-corrected chi connectivity index (χ4v) is 4.26. The molecule has 2 aromatic carbocycles. The van der Waals surface area contributed by atoms with Crippen LogP contribution in [0.15, 0.2) is 71.3 Å². The predicted molar refractivity (Wildman–Crippen MR) is 132 cm³/mol. The summed E-state index contributed by atoms with van der Waals surface area (Å²) in [4.78, 5) is 21.2. The van der Waals surface area contributed by atoms with E-state index >= 15 is 0 Å². The minimum absolute atomic E-state index is 0.102. The number of hydrogen-bond acceptors (Lipinski definition) is 5. The molecule has 0 aliphatic carbocycles. The third-order valence-corrected chi connectivity index (χ3v) is 6.11. The normalized spacial score (nSPS) is 13.6. The van der Waals surface area contributed by atoms with Gasteiger partial charge < -0.3 is 14.5 Å². The van der Waals surface area contributed by atoms with Gasteiger partial charge in [-0.05, 0) is 35.4 Å². The zero-order chi connectivity index (χ0) is 30.9. The SMILES string of the molecule is Cc1nc(C(=O)N[C@@](Cc2ccccc2)(c2cc(F)cc(OC(F)(F)C(F)F)c2)c2ccc(Cl)cn2)c(C(F)(F)F)o1. The average molecular weight is 620 g/mol. The Labute approximate surface area is 237 Å². The summed E-state index contributed by atoms with van der Waals surface area (Å²) >= 11 is 5.96. The summed E-state index contributed by atoms with van der Waals surface area (Å²) in [5, 5.41) is 2.49. The second kappa shape index (κ2) is 11.6. The van der Waals surface area contributed by atoms with E-state index < -0.39 is 64.6 Å². The van der Waals surface area contributed by atoms with Gasteiger partial charge in [0.15, 0.2) is 11.6 Å². The van der Waals surface area contributed by atoms with Gasteiger partial charge in [0.05, 0.1) is 10.7 Å². The highest BCUT2D eigenvalue weighted by molar-refractivity contribution is 6.30. The quantitative estimate of drug-likeness (QED) is 0.198. The zero-order valence-electron chi connectivity index (χ0n) is 21.2. The first-order chi connectivity index (χ1) is 19.6. The minimum Gasteiger partial charge on any atom is -0.436 e. The van der Waals surface area contributed by atoms with E-state index in [4.69, 9.17) is 11.6 Å². The van der Waals surface area contributed by atoms with E-state index in [1.54, 1.807) is 30.3 Å². The van der Waals surface area contributed by atoms with Crippen LogP contribution in [0, 0.1) is 12.7 Å². The molecule has 0 unspecified atom stereocenters. The van der Waals surface area contributed by atoms with Crippen LogP contribution in [0.4, 0.5) is 35.1 Å². The van der Waals surface area contributed by atoms with E-state index in [2.05, 4.69) is 24.4 Å². The molecule has 2 aromatic heterocycles. The van der Waals surface area contributed by atoms with Gasteiger partial charge in [0, 0.05) is 25.6 Å². The smallest absolute Gasteiger partial charge is 0.436 e. The van der Waals surface area contributed by atoms with Crippen molar-refractivity contribution in [3.05, 3.63) is 112 Å². The van der Waals surface area contributed by atoms with Gasteiger partial charge in [-0.2, -0.15) is 30.7 Å². The van der Waals surface area contributed by atoms with Crippen LogP contribution in [0.25, 0.3) is 0 Å². The van der Waals surface area contributed by atoms with E-state index in [-0.39, 0.29) is 17.1 Å². The highest BCUT2D eigenvalue weighted by atomic mass is 35.5. The molecule has 0 spiro atoms. The van der Waals surface area contributed by atoms with Gasteiger partial charge in [-0.15, -0.1) is 0 Å². The van der Waals surface area contributed by atoms with Crippen molar-refractivity contribution in [1.29, 1.82) is 0 Å². The molecule has 4 aromatic rings. The molecule has 0 saturated heterocycles. The lowest BCUT2D eigenvalue weighted by molar-refractivity contribution is -0.253. The van der Waals surface area contributed by atoms with E-state index in [1.807, 2.05) is 0 Å². The Kier molecular flexibility index (Phi) is 8.48. The largest absolute Gasteiger partial charge is 0.461 e. The minimum atomic E-state index is -5.14. The molecule has 1 amide bonds. The number of alkyl halides is 7. The zero-order valence-corrected chi connectivity index (χ0v) is 21.9. The summed E-state index contributed by atoms with van der Waals surface area (Å²) in [6, 6.07) is 12.4. The lowest BCUT2D eigenvalue weighted by atomic mass is 9.80. The maximum absolute atomic E-state index is 14.9. The molecule has 42 heavy (non-hydrogen) atoms. The number of pyridine rings is 1. The topological polar surface area (TPSA) is 77.2 Å². The van der Waals surface area contributed by atoms with Gasteiger partial charge in [0.25, 0.3) is 5.91 Å². The fourth-order valence-electron chi connectivity index (χ4n) is 4.15. The predicted octanol–water partition coefficient (Wildman–Crippen LogP) is 7.34. The van der Waals surface area contributed by atoms with E-state index in [1.165, 1.54) is 12.1 Å². The second-order valence-electron chi connectivity index (χ2n) is 8.93. The Balaban J connectivity index is 1.97. The van der Waals surface area contributed by atoms with Crippen LogP contribution < -0.4 is 10.1 Å². The first-order valence-electron chi connectivity index (χ1n) is 11.8. The lowest BCUT2D eigenvalue weighted by Gasteiger charge is -2.35. The molecule has 222 valence electrons. The van der Waals surface area contributed by atoms with Crippen LogP contribution in [-0.4, -0.2) is 28.4 Å². The van der Waals surface area contributed by atoms with Crippen molar-refractivity contribution < 1.29 is 49.1 Å². The maximum atomic E-state index is 14.9. The van der Waals surface area contributed by atoms with Crippen molar-refractivity contribution in [2.75, 3.05) is 0 Å². The highest BCUT2D eigenvalue weighted by Gasteiger charge is 2.46. The number of aromatic nitrogens is 2. The molecule has 1 atom stereocenters. The molecule has 4 rings (SSSR count). The number of carbonyl (C=O) groups is 1. The van der Waals surface area contributed by atoms with Crippen molar-refractivity contribution in [2.24, 2.45) is 0 Å². The first-order valence-corrected chi connectivity index (χ1v) is 12.2. The Bertz CT molecular complexity index is 1560. The molecular weight excluding hydrogens is 602 g/mol. The summed E-state index contributed by atoms with van der Waals surface area (Å²) in [6.07, 6.45) is -13.7. The summed E-state index contributed by atoms with van der Waals surface area (Å²) in [5.74, 6) is -6.02. The molecule has 2 heterocycles. The number of carbonyl (C=O) groups excluding carboxylic acids is 1. The molecule has 0 saturated carbocycles. The average Bonchev–Trinajstić information content (AvgIpc) is 3.31. The number of rotatable bonds is 9. The van der Waals surface area contributed by atoms with Crippen molar-refractivity contribution in [1.82, 2.24) is 15.3 Å². The number of hydrogen-bond donors (Lipinski definition) is 1. The van der Waals surface area contributed by atoms with Gasteiger partial charge in [0.1, 0.15) is 17.1 Å². The third-order valence-electron chi connectivity index (χ3n) is 5.88. The van der Waals surface area contributed by atoms with E-state index in [0.717, 1.165) is 25.3 Å². The van der Waals surface area contributed by atoms with Crippen molar-refractivity contribution in [3.63, 3.8) is 0 Å². The molecular formula is C27H18ClF8N3O3. The van der Waals surface area contributed by atoms with Crippen LogP contribution in [0.5, 0.6) is 5.75 Å². The first kappa shape index (κ1) is 30.8. The molecule has 6 nitrogen and oxygen atoms in total. The highest BCUT2D eigenvalue weighted by Crippen LogP contribution is 2.39. The van der Waals surface area contributed by atoms with Gasteiger partial charge in [0.2, 0.25) is 5.76 Å². The number of benzene rings is 2. The third kappa shape index (κ3) is 6.64. The van der Waals surface area contributed by atoms with E-state index in [0.29, 0.717) is 11.6 Å². The molecule has 0 aliphatic heterocycles. The van der Waals surface area contributed by atoms with Crippen molar-refractivity contribution in [2.45, 2.75) is 37.6 Å². The molecule has 0 fully saturated rings. The number of halogens is 9. The number of ether oxygens (including phenoxy) is 1. The lowest BCUT2D eigenvalue weighted by Crippen LogP contribution is -2.49. The van der Waals surface area contributed by atoms with E-state index in [9.17, 15) is 39.9 Å². The summed E-state index contributed by atoms with van der Waals surface area (Å²) in [6.45, 7) is 1.07. The number of amides is 1. The maximum Gasteiger partial charge on any atom is 0.461 e. The number of oxazole rings is 1. The van der Waals surface area contributed by atoms with Gasteiger partial charge in [-0.1, -0.05) is 41.9 Å². The van der Waals surface area contributed by atoms with Gasteiger partial charge in [-0.3, -0.25) is 9.78 Å². The monoisotopic (exact) mass is 619 g/mol. The van der Waals surface area contributed by atoms with Crippen molar-refractivity contribution >= 4 is 17.5 Å². The second-order valence-corrected chi connectivity index (χ2v) is 9.37. The Morgan fingerprint density at radius 1 is 1.05 bits per heavy atom. The Morgan fingerprint density at radius 2 is 1.74 bits per heavy atom. The van der Waals surface area contributed by atoms with Crippen LogP contribution in [0.3, 0.4) is 0 Å². The van der Waals surface area contributed by atoms with Crippen LogP contribution in [0.2, 0.25) is 5.02 Å². The number of aryl methyl sites for hydroxylation is 1. The molecule has 0 aliphatic rings. The Hall–Kier alpha value is -4.20. The summed E-state index contributed by atoms with van der Waals surface area (Å²) in [5.41, 5.74) is -3.45. The molecule has 1 N–H and O–H groups in total. The number of nitrogens with zero attached hydrogens (tertiary/aromatic N) is 2. The molecule has 15 heteroatoms. The Morgan fingerprint density at radius 3 is 2.33 bits per heavy atom. The summed E-state index contributed by atoms with van der Waals surface area (Å²) < 4.78 is 118. The van der Waals surface area contributed by atoms with Gasteiger partial charge in [-0.25, -0.2) is 9.37 Å². The molecule has 0 radical (unpaired) electrons.